The first-order chi connectivity index (χ1) is 14.8. The standard InChI is InChI=1S/C24H25N5O/c30-24(23-7-5-19(15-27-23)20-13-25-16-26-14-20)28-21-6-4-17-8-10-29(22-2-1-3-22)11-9-18(17)12-21/h4-7,12-16,22H,1-3,8-11H2,(H,28,30). The number of fused-ring (bicyclic) bond motifs is 1. The fraction of sp³-hybridized carbons (Fsp3) is 0.333. The second kappa shape index (κ2) is 8.32. The number of pyridine rings is 1. The minimum absolute atomic E-state index is 0.199. The number of amides is 1. The quantitative estimate of drug-likeness (QED) is 0.724. The Balaban J connectivity index is 1.26. The summed E-state index contributed by atoms with van der Waals surface area (Å²) >= 11 is 0. The third kappa shape index (κ3) is 3.96. The number of nitrogens with zero attached hydrogens (tertiary/aromatic N) is 4. The van der Waals surface area contributed by atoms with Gasteiger partial charge in [0, 0.05) is 54.5 Å². The normalized spacial score (nSPS) is 16.9. The van der Waals surface area contributed by atoms with Gasteiger partial charge in [-0.25, -0.2) is 9.97 Å². The van der Waals surface area contributed by atoms with Crippen LogP contribution in [-0.4, -0.2) is 44.9 Å². The van der Waals surface area contributed by atoms with Crippen LogP contribution in [0.15, 0.2) is 55.2 Å². The van der Waals surface area contributed by atoms with E-state index >= 15 is 0 Å². The van der Waals surface area contributed by atoms with Gasteiger partial charge in [0.1, 0.15) is 12.0 Å². The predicted molar refractivity (Wildman–Crippen MR) is 116 cm³/mol. The molecule has 0 atom stereocenters. The molecule has 0 bridgehead atoms. The van der Waals surface area contributed by atoms with Crippen LogP contribution in [-0.2, 0) is 12.8 Å². The fourth-order valence-electron chi connectivity index (χ4n) is 4.28. The van der Waals surface area contributed by atoms with Crippen LogP contribution in [0, 0.1) is 0 Å². The van der Waals surface area contributed by atoms with Gasteiger partial charge in [-0.05, 0) is 55.0 Å². The summed E-state index contributed by atoms with van der Waals surface area (Å²) in [6.45, 7) is 2.26. The number of carbonyl (C=O) groups is 1. The average molecular weight is 399 g/mol. The molecule has 0 unspecified atom stereocenters. The van der Waals surface area contributed by atoms with E-state index in [-0.39, 0.29) is 5.91 Å². The van der Waals surface area contributed by atoms with E-state index < -0.39 is 0 Å². The van der Waals surface area contributed by atoms with Crippen molar-refractivity contribution in [1.29, 1.82) is 0 Å². The summed E-state index contributed by atoms with van der Waals surface area (Å²) in [5.41, 5.74) is 5.73. The minimum atomic E-state index is -0.199. The number of hydrogen-bond donors (Lipinski definition) is 1. The molecule has 1 saturated carbocycles. The van der Waals surface area contributed by atoms with Crippen LogP contribution in [0.2, 0.25) is 0 Å². The maximum atomic E-state index is 12.7. The molecule has 2 aromatic heterocycles. The Labute approximate surface area is 176 Å². The maximum absolute atomic E-state index is 12.7. The van der Waals surface area contributed by atoms with Gasteiger partial charge in [0.15, 0.2) is 0 Å². The molecule has 1 aromatic carbocycles. The molecule has 2 aliphatic rings. The van der Waals surface area contributed by atoms with E-state index in [9.17, 15) is 4.79 Å². The van der Waals surface area contributed by atoms with Gasteiger partial charge in [0.05, 0.1) is 0 Å². The van der Waals surface area contributed by atoms with Gasteiger partial charge >= 0.3 is 0 Å². The van der Waals surface area contributed by atoms with Crippen molar-refractivity contribution < 1.29 is 4.79 Å². The lowest BCUT2D eigenvalue weighted by atomic mass is 9.91. The van der Waals surface area contributed by atoms with Crippen LogP contribution in [0.1, 0.15) is 40.9 Å². The van der Waals surface area contributed by atoms with Gasteiger partial charge in [0.25, 0.3) is 5.91 Å². The Morgan fingerprint density at radius 2 is 1.73 bits per heavy atom. The SMILES string of the molecule is O=C(Nc1ccc2c(c1)CCN(C1CCC1)CC2)c1ccc(-c2cncnc2)cn1. The van der Waals surface area contributed by atoms with Gasteiger partial charge < -0.3 is 5.32 Å². The lowest BCUT2D eigenvalue weighted by Crippen LogP contribution is -2.41. The van der Waals surface area contributed by atoms with E-state index in [1.807, 2.05) is 12.1 Å². The van der Waals surface area contributed by atoms with Gasteiger partial charge in [0.2, 0.25) is 0 Å². The molecular weight excluding hydrogens is 374 g/mol. The Kier molecular flexibility index (Phi) is 5.24. The van der Waals surface area contributed by atoms with E-state index in [4.69, 9.17) is 0 Å². The molecule has 6 heteroatoms. The van der Waals surface area contributed by atoms with Gasteiger partial charge in [-0.2, -0.15) is 0 Å². The smallest absolute Gasteiger partial charge is 0.274 e. The highest BCUT2D eigenvalue weighted by molar-refractivity contribution is 6.03. The highest BCUT2D eigenvalue weighted by Gasteiger charge is 2.26. The second-order valence-electron chi connectivity index (χ2n) is 8.12. The zero-order valence-corrected chi connectivity index (χ0v) is 16.9. The third-order valence-electron chi connectivity index (χ3n) is 6.28. The van der Waals surface area contributed by atoms with Crippen LogP contribution >= 0.6 is 0 Å². The molecule has 1 fully saturated rings. The van der Waals surface area contributed by atoms with Gasteiger partial charge in [-0.15, -0.1) is 0 Å². The van der Waals surface area contributed by atoms with E-state index in [0.717, 1.165) is 48.8 Å². The summed E-state index contributed by atoms with van der Waals surface area (Å²) in [6, 6.07) is 10.7. The van der Waals surface area contributed by atoms with Gasteiger partial charge in [-0.1, -0.05) is 18.6 Å². The second-order valence-corrected chi connectivity index (χ2v) is 8.12. The van der Waals surface area contributed by atoms with Crippen molar-refractivity contribution in [3.05, 3.63) is 72.1 Å². The largest absolute Gasteiger partial charge is 0.321 e. The number of rotatable bonds is 4. The highest BCUT2D eigenvalue weighted by atomic mass is 16.1. The molecule has 152 valence electrons. The zero-order valence-electron chi connectivity index (χ0n) is 16.9. The molecule has 1 aliphatic heterocycles. The third-order valence-corrected chi connectivity index (χ3v) is 6.28. The van der Waals surface area contributed by atoms with Crippen molar-refractivity contribution in [3.8, 4) is 11.1 Å². The molecule has 1 amide bonds. The van der Waals surface area contributed by atoms with E-state index in [1.165, 1.54) is 36.7 Å². The first-order valence-electron chi connectivity index (χ1n) is 10.6. The lowest BCUT2D eigenvalue weighted by Gasteiger charge is -2.36. The number of hydrogen-bond acceptors (Lipinski definition) is 5. The Morgan fingerprint density at radius 1 is 0.933 bits per heavy atom. The van der Waals surface area contributed by atoms with E-state index in [1.54, 1.807) is 24.7 Å². The number of aromatic nitrogens is 3. The molecule has 3 heterocycles. The van der Waals surface area contributed by atoms with Crippen molar-refractivity contribution in [2.45, 2.75) is 38.1 Å². The molecular formula is C24H25N5O. The van der Waals surface area contributed by atoms with Crippen LogP contribution in [0.3, 0.4) is 0 Å². The highest BCUT2D eigenvalue weighted by Crippen LogP contribution is 2.28. The maximum Gasteiger partial charge on any atom is 0.274 e. The Bertz CT molecular complexity index is 1030. The first-order valence-corrected chi connectivity index (χ1v) is 10.6. The summed E-state index contributed by atoms with van der Waals surface area (Å²) in [4.78, 5) is 27.7. The molecule has 1 N–H and O–H groups in total. The van der Waals surface area contributed by atoms with Crippen molar-refractivity contribution >= 4 is 11.6 Å². The van der Waals surface area contributed by atoms with E-state index in [0.29, 0.717) is 5.69 Å². The van der Waals surface area contributed by atoms with Gasteiger partial charge in [-0.3, -0.25) is 14.7 Å². The monoisotopic (exact) mass is 399 g/mol. The van der Waals surface area contributed by atoms with Crippen molar-refractivity contribution in [2.24, 2.45) is 0 Å². The lowest BCUT2D eigenvalue weighted by molar-refractivity contribution is 0.102. The molecule has 0 radical (unpaired) electrons. The Hall–Kier alpha value is -3.12. The molecule has 6 nitrogen and oxygen atoms in total. The van der Waals surface area contributed by atoms with Crippen LogP contribution in [0.4, 0.5) is 5.69 Å². The van der Waals surface area contributed by atoms with Crippen molar-refractivity contribution in [1.82, 2.24) is 19.9 Å². The van der Waals surface area contributed by atoms with Crippen molar-refractivity contribution in [2.75, 3.05) is 18.4 Å². The van der Waals surface area contributed by atoms with Crippen LogP contribution < -0.4 is 5.32 Å². The van der Waals surface area contributed by atoms with Crippen LogP contribution in [0.25, 0.3) is 11.1 Å². The molecule has 0 spiro atoms. The summed E-state index contributed by atoms with van der Waals surface area (Å²) in [6.07, 6.45) is 12.8. The molecule has 3 aromatic rings. The summed E-state index contributed by atoms with van der Waals surface area (Å²) in [5, 5.41) is 3.00. The topological polar surface area (TPSA) is 71.0 Å². The van der Waals surface area contributed by atoms with E-state index in [2.05, 4.69) is 37.3 Å². The number of benzene rings is 1. The molecule has 0 saturated heterocycles. The predicted octanol–water partition coefficient (Wildman–Crippen LogP) is 3.74. The number of anilines is 1. The molecule has 5 rings (SSSR count). The average Bonchev–Trinajstić information content (AvgIpc) is 2.96. The molecule has 30 heavy (non-hydrogen) atoms. The number of carbonyl (C=O) groups excluding carboxylic acids is 1. The summed E-state index contributed by atoms with van der Waals surface area (Å²) in [5.74, 6) is -0.199. The summed E-state index contributed by atoms with van der Waals surface area (Å²) in [7, 11) is 0. The zero-order chi connectivity index (χ0) is 20.3. The first kappa shape index (κ1) is 18.9. The van der Waals surface area contributed by atoms with Crippen LogP contribution in [0.5, 0.6) is 0 Å². The number of nitrogens with one attached hydrogen (secondary N) is 1. The fourth-order valence-corrected chi connectivity index (χ4v) is 4.28. The molecule has 1 aliphatic carbocycles. The minimum Gasteiger partial charge on any atom is -0.321 e. The Morgan fingerprint density at radius 3 is 2.43 bits per heavy atom. The van der Waals surface area contributed by atoms with Crippen molar-refractivity contribution in [3.63, 3.8) is 0 Å². The summed E-state index contributed by atoms with van der Waals surface area (Å²) < 4.78 is 0.